The van der Waals surface area contributed by atoms with E-state index in [9.17, 15) is 4.79 Å². The van der Waals surface area contributed by atoms with Crippen LogP contribution in [0.4, 0.5) is 0 Å². The van der Waals surface area contributed by atoms with E-state index in [1.54, 1.807) is 0 Å². The summed E-state index contributed by atoms with van der Waals surface area (Å²) in [4.78, 5) is 14.6. The lowest BCUT2D eigenvalue weighted by atomic mass is 9.93. The van der Waals surface area contributed by atoms with E-state index < -0.39 is 0 Å². The smallest absolute Gasteiger partial charge is 0.226 e. The number of amides is 1. The standard InChI is InChI=1S/C13H24N2O/c1-13(2)7-4-8-15(13)12(16)11-6-3-5-10(11)9-14/h10-11H,3-9,14H2,1-2H3. The van der Waals surface area contributed by atoms with Crippen LogP contribution in [0.3, 0.4) is 0 Å². The van der Waals surface area contributed by atoms with Gasteiger partial charge in [-0.2, -0.15) is 0 Å². The molecule has 2 rings (SSSR count). The Labute approximate surface area is 98.4 Å². The summed E-state index contributed by atoms with van der Waals surface area (Å²) >= 11 is 0. The van der Waals surface area contributed by atoms with Crippen molar-refractivity contribution in [3.05, 3.63) is 0 Å². The van der Waals surface area contributed by atoms with Crippen LogP contribution in [0.2, 0.25) is 0 Å². The molecule has 1 saturated heterocycles. The number of hydrogen-bond acceptors (Lipinski definition) is 2. The van der Waals surface area contributed by atoms with Crippen LogP contribution in [0.15, 0.2) is 0 Å². The molecule has 16 heavy (non-hydrogen) atoms. The number of carbonyl (C=O) groups excluding carboxylic acids is 1. The van der Waals surface area contributed by atoms with Gasteiger partial charge < -0.3 is 10.6 Å². The molecule has 1 amide bonds. The summed E-state index contributed by atoms with van der Waals surface area (Å²) in [6, 6.07) is 0. The van der Waals surface area contributed by atoms with Crippen molar-refractivity contribution in [1.82, 2.24) is 4.90 Å². The van der Waals surface area contributed by atoms with Crippen molar-refractivity contribution in [3.8, 4) is 0 Å². The Bertz CT molecular complexity index is 275. The Balaban J connectivity index is 2.07. The van der Waals surface area contributed by atoms with Gasteiger partial charge in [-0.25, -0.2) is 0 Å². The fourth-order valence-corrected chi connectivity index (χ4v) is 3.36. The molecule has 1 aliphatic carbocycles. The van der Waals surface area contributed by atoms with E-state index in [-0.39, 0.29) is 11.5 Å². The molecule has 0 radical (unpaired) electrons. The third kappa shape index (κ3) is 1.97. The number of rotatable bonds is 2. The minimum absolute atomic E-state index is 0.0683. The molecule has 0 bridgehead atoms. The zero-order valence-corrected chi connectivity index (χ0v) is 10.5. The summed E-state index contributed by atoms with van der Waals surface area (Å²) in [5.41, 5.74) is 5.83. The van der Waals surface area contributed by atoms with E-state index in [2.05, 4.69) is 18.7 Å². The first-order valence-electron chi connectivity index (χ1n) is 6.58. The van der Waals surface area contributed by atoms with Gasteiger partial charge in [0.15, 0.2) is 0 Å². The maximum absolute atomic E-state index is 12.5. The zero-order valence-electron chi connectivity index (χ0n) is 10.5. The van der Waals surface area contributed by atoms with Gasteiger partial charge >= 0.3 is 0 Å². The maximum atomic E-state index is 12.5. The predicted octanol–water partition coefficient (Wildman–Crippen LogP) is 1.76. The van der Waals surface area contributed by atoms with Crippen molar-refractivity contribution in [1.29, 1.82) is 0 Å². The van der Waals surface area contributed by atoms with Gasteiger partial charge in [0.05, 0.1) is 0 Å². The second kappa shape index (κ2) is 4.36. The van der Waals surface area contributed by atoms with Gasteiger partial charge in [0.1, 0.15) is 0 Å². The highest BCUT2D eigenvalue weighted by Crippen LogP contribution is 2.36. The molecule has 0 aromatic rings. The lowest BCUT2D eigenvalue weighted by Gasteiger charge is -2.35. The van der Waals surface area contributed by atoms with Gasteiger partial charge in [-0.1, -0.05) is 6.42 Å². The van der Waals surface area contributed by atoms with E-state index in [1.165, 1.54) is 6.42 Å². The Hall–Kier alpha value is -0.570. The van der Waals surface area contributed by atoms with Crippen LogP contribution >= 0.6 is 0 Å². The second-order valence-corrected chi connectivity index (χ2v) is 5.94. The Kier molecular flexibility index (Phi) is 3.24. The van der Waals surface area contributed by atoms with E-state index in [1.807, 2.05) is 0 Å². The first kappa shape index (κ1) is 11.9. The van der Waals surface area contributed by atoms with Gasteiger partial charge in [0.2, 0.25) is 5.91 Å². The Morgan fingerprint density at radius 3 is 2.69 bits per heavy atom. The van der Waals surface area contributed by atoms with Crippen molar-refractivity contribution in [2.24, 2.45) is 17.6 Å². The summed E-state index contributed by atoms with van der Waals surface area (Å²) < 4.78 is 0. The number of nitrogens with two attached hydrogens (primary N) is 1. The molecule has 92 valence electrons. The average molecular weight is 224 g/mol. The Morgan fingerprint density at radius 2 is 2.12 bits per heavy atom. The molecule has 0 spiro atoms. The quantitative estimate of drug-likeness (QED) is 0.777. The first-order chi connectivity index (χ1) is 7.56. The molecule has 3 nitrogen and oxygen atoms in total. The second-order valence-electron chi connectivity index (χ2n) is 5.94. The van der Waals surface area contributed by atoms with Gasteiger partial charge in [0, 0.05) is 18.0 Å². The average Bonchev–Trinajstić information content (AvgIpc) is 2.82. The fraction of sp³-hybridized carbons (Fsp3) is 0.923. The van der Waals surface area contributed by atoms with Crippen LogP contribution in [0, 0.1) is 11.8 Å². The minimum Gasteiger partial charge on any atom is -0.337 e. The molecule has 1 saturated carbocycles. The van der Waals surface area contributed by atoms with Gasteiger partial charge in [0.25, 0.3) is 0 Å². The lowest BCUT2D eigenvalue weighted by molar-refractivity contribution is -0.139. The number of likely N-dealkylation sites (tertiary alicyclic amines) is 1. The molecule has 0 aromatic carbocycles. The molecule has 2 unspecified atom stereocenters. The van der Waals surface area contributed by atoms with E-state index >= 15 is 0 Å². The number of hydrogen-bond donors (Lipinski definition) is 1. The molecule has 2 atom stereocenters. The number of nitrogens with zero attached hydrogens (tertiary/aromatic N) is 1. The highest BCUT2D eigenvalue weighted by Gasteiger charge is 2.41. The Morgan fingerprint density at radius 1 is 1.38 bits per heavy atom. The van der Waals surface area contributed by atoms with Crippen LogP contribution in [-0.4, -0.2) is 29.4 Å². The zero-order chi connectivity index (χ0) is 11.8. The van der Waals surface area contributed by atoms with E-state index in [4.69, 9.17) is 5.73 Å². The van der Waals surface area contributed by atoms with Crippen molar-refractivity contribution in [3.63, 3.8) is 0 Å². The summed E-state index contributed by atoms with van der Waals surface area (Å²) in [6.07, 6.45) is 5.65. The first-order valence-corrected chi connectivity index (χ1v) is 6.58. The molecule has 2 aliphatic rings. The van der Waals surface area contributed by atoms with Crippen molar-refractivity contribution >= 4 is 5.91 Å². The molecular formula is C13H24N2O. The largest absolute Gasteiger partial charge is 0.337 e. The third-order valence-corrected chi connectivity index (χ3v) is 4.45. The topological polar surface area (TPSA) is 46.3 Å². The normalized spacial score (nSPS) is 33.3. The monoisotopic (exact) mass is 224 g/mol. The van der Waals surface area contributed by atoms with Gasteiger partial charge in [-0.3, -0.25) is 4.79 Å². The van der Waals surface area contributed by atoms with Crippen molar-refractivity contribution in [2.75, 3.05) is 13.1 Å². The van der Waals surface area contributed by atoms with E-state index in [0.717, 1.165) is 32.2 Å². The summed E-state index contributed by atoms with van der Waals surface area (Å²) in [5, 5.41) is 0. The van der Waals surface area contributed by atoms with Crippen molar-refractivity contribution in [2.45, 2.75) is 51.5 Å². The van der Waals surface area contributed by atoms with Crippen LogP contribution in [0.1, 0.15) is 46.0 Å². The molecule has 0 aromatic heterocycles. The van der Waals surface area contributed by atoms with Crippen LogP contribution in [0.25, 0.3) is 0 Å². The third-order valence-electron chi connectivity index (χ3n) is 4.45. The van der Waals surface area contributed by atoms with Gasteiger partial charge in [-0.05, 0) is 52.0 Å². The van der Waals surface area contributed by atoms with Crippen molar-refractivity contribution < 1.29 is 4.79 Å². The molecule has 1 aliphatic heterocycles. The van der Waals surface area contributed by atoms with Crippen LogP contribution in [-0.2, 0) is 4.79 Å². The molecule has 2 fully saturated rings. The maximum Gasteiger partial charge on any atom is 0.226 e. The van der Waals surface area contributed by atoms with Gasteiger partial charge in [-0.15, -0.1) is 0 Å². The molecule has 1 heterocycles. The molecular weight excluding hydrogens is 200 g/mol. The van der Waals surface area contributed by atoms with Crippen LogP contribution < -0.4 is 5.73 Å². The molecule has 2 N–H and O–H groups in total. The predicted molar refractivity (Wildman–Crippen MR) is 64.9 cm³/mol. The highest BCUT2D eigenvalue weighted by molar-refractivity contribution is 5.80. The van der Waals surface area contributed by atoms with Crippen LogP contribution in [0.5, 0.6) is 0 Å². The number of carbonyl (C=O) groups is 1. The summed E-state index contributed by atoms with van der Waals surface area (Å²) in [7, 11) is 0. The minimum atomic E-state index is 0.0683. The van der Waals surface area contributed by atoms with E-state index in [0.29, 0.717) is 18.4 Å². The summed E-state index contributed by atoms with van der Waals surface area (Å²) in [6.45, 7) is 5.99. The summed E-state index contributed by atoms with van der Waals surface area (Å²) in [5.74, 6) is 1.02. The highest BCUT2D eigenvalue weighted by atomic mass is 16.2. The lowest BCUT2D eigenvalue weighted by Crippen LogP contribution is -2.46. The SMILES string of the molecule is CC1(C)CCCN1C(=O)C1CCCC1CN. The fourth-order valence-electron chi connectivity index (χ4n) is 3.36. The molecule has 3 heteroatoms.